The molecular weight excluding hydrogens is 302 g/mol. The highest BCUT2D eigenvalue weighted by molar-refractivity contribution is 7.09. The summed E-state index contributed by atoms with van der Waals surface area (Å²) >= 11 is 7.33. The van der Waals surface area contributed by atoms with Gasteiger partial charge in [0.1, 0.15) is 5.01 Å². The smallest absolute Gasteiger partial charge is 0.270 e. The molecule has 0 bridgehead atoms. The largest absolute Gasteiger partial charge is 0.343 e. The Kier molecular flexibility index (Phi) is 4.31. The van der Waals surface area contributed by atoms with E-state index in [1.165, 1.54) is 23.5 Å². The van der Waals surface area contributed by atoms with Crippen LogP contribution >= 0.6 is 22.9 Å². The Labute approximate surface area is 123 Å². The summed E-state index contributed by atoms with van der Waals surface area (Å²) in [4.78, 5) is 26.2. The fourth-order valence-corrected chi connectivity index (χ4v) is 2.49. The lowest BCUT2D eigenvalue weighted by Crippen LogP contribution is -2.26. The number of carbonyl (C=O) groups excluding carboxylic acids is 1. The van der Waals surface area contributed by atoms with Gasteiger partial charge in [0.15, 0.2) is 0 Å². The van der Waals surface area contributed by atoms with Crippen molar-refractivity contribution in [1.29, 1.82) is 0 Å². The summed E-state index contributed by atoms with van der Waals surface area (Å²) in [5, 5.41) is 16.0. The summed E-state index contributed by atoms with van der Waals surface area (Å²) in [6.45, 7) is 1.80. The number of amides is 1. The SMILES string of the molecule is CC(NC(=O)c1ccc([N+](=O)[O-])cc1Cl)c1nccs1. The average molecular weight is 312 g/mol. The molecule has 1 atom stereocenters. The van der Waals surface area contributed by atoms with Gasteiger partial charge >= 0.3 is 0 Å². The number of non-ortho nitro benzene ring substituents is 1. The van der Waals surface area contributed by atoms with Gasteiger partial charge in [-0.3, -0.25) is 14.9 Å². The van der Waals surface area contributed by atoms with Crippen molar-refractivity contribution in [1.82, 2.24) is 10.3 Å². The van der Waals surface area contributed by atoms with E-state index in [-0.39, 0.29) is 22.3 Å². The van der Waals surface area contributed by atoms with E-state index < -0.39 is 10.8 Å². The minimum Gasteiger partial charge on any atom is -0.343 e. The van der Waals surface area contributed by atoms with E-state index in [0.717, 1.165) is 11.1 Å². The zero-order chi connectivity index (χ0) is 14.7. The van der Waals surface area contributed by atoms with Gasteiger partial charge in [0.25, 0.3) is 11.6 Å². The summed E-state index contributed by atoms with van der Waals surface area (Å²) in [7, 11) is 0. The van der Waals surface area contributed by atoms with Gasteiger partial charge < -0.3 is 5.32 Å². The third kappa shape index (κ3) is 3.12. The van der Waals surface area contributed by atoms with Crippen molar-refractivity contribution in [2.24, 2.45) is 0 Å². The Balaban J connectivity index is 2.15. The fourth-order valence-electron chi connectivity index (χ4n) is 1.59. The van der Waals surface area contributed by atoms with Gasteiger partial charge in [0.2, 0.25) is 0 Å². The van der Waals surface area contributed by atoms with Crippen molar-refractivity contribution in [2.75, 3.05) is 0 Å². The van der Waals surface area contributed by atoms with Crippen LogP contribution in [0, 0.1) is 10.1 Å². The summed E-state index contributed by atoms with van der Waals surface area (Å²) in [6, 6.07) is 3.48. The number of rotatable bonds is 4. The predicted octanol–water partition coefficient (Wildman–Crippen LogP) is 3.20. The highest BCUT2D eigenvalue weighted by Crippen LogP contribution is 2.23. The van der Waals surface area contributed by atoms with Crippen molar-refractivity contribution in [3.05, 3.63) is 55.5 Å². The Bertz CT molecular complexity index is 645. The second-order valence-corrected chi connectivity index (χ2v) is 5.32. The van der Waals surface area contributed by atoms with Gasteiger partial charge in [0, 0.05) is 23.7 Å². The molecule has 0 aliphatic rings. The first-order valence-electron chi connectivity index (χ1n) is 5.63. The molecule has 20 heavy (non-hydrogen) atoms. The molecule has 1 N–H and O–H groups in total. The minimum absolute atomic E-state index is 0.0445. The van der Waals surface area contributed by atoms with Crippen LogP contribution in [0.2, 0.25) is 5.02 Å². The number of nitro benzene ring substituents is 1. The molecule has 0 spiro atoms. The second-order valence-electron chi connectivity index (χ2n) is 3.99. The summed E-state index contributed by atoms with van der Waals surface area (Å²) in [5.74, 6) is -0.396. The molecule has 1 aromatic heterocycles. The number of carbonyl (C=O) groups is 1. The molecule has 2 rings (SSSR count). The Morgan fingerprint density at radius 2 is 2.30 bits per heavy atom. The molecule has 0 saturated heterocycles. The third-order valence-corrected chi connectivity index (χ3v) is 3.85. The number of aromatic nitrogens is 1. The molecule has 0 fully saturated rings. The zero-order valence-electron chi connectivity index (χ0n) is 10.4. The van der Waals surface area contributed by atoms with E-state index in [2.05, 4.69) is 10.3 Å². The molecule has 2 aromatic rings. The van der Waals surface area contributed by atoms with Crippen LogP contribution in [0.25, 0.3) is 0 Å². The maximum absolute atomic E-state index is 12.1. The van der Waals surface area contributed by atoms with Crippen molar-refractivity contribution < 1.29 is 9.72 Å². The topological polar surface area (TPSA) is 85.1 Å². The molecule has 0 aliphatic heterocycles. The Hall–Kier alpha value is -1.99. The standard InChI is InChI=1S/C12H10ClN3O3S/c1-7(12-14-4-5-20-12)15-11(17)9-3-2-8(16(18)19)6-10(9)13/h2-7H,1H3,(H,15,17). The summed E-state index contributed by atoms with van der Waals surface area (Å²) in [6.07, 6.45) is 1.65. The molecule has 0 aliphatic carbocycles. The highest BCUT2D eigenvalue weighted by Gasteiger charge is 2.17. The van der Waals surface area contributed by atoms with E-state index in [1.54, 1.807) is 13.1 Å². The number of nitrogens with one attached hydrogen (secondary N) is 1. The fraction of sp³-hybridized carbons (Fsp3) is 0.167. The number of thiazole rings is 1. The number of hydrogen-bond donors (Lipinski definition) is 1. The highest BCUT2D eigenvalue weighted by atomic mass is 35.5. The molecule has 1 aromatic carbocycles. The van der Waals surface area contributed by atoms with Gasteiger partial charge in [-0.05, 0) is 13.0 Å². The first-order chi connectivity index (χ1) is 9.49. The Morgan fingerprint density at radius 3 is 2.85 bits per heavy atom. The molecular formula is C12H10ClN3O3S. The van der Waals surface area contributed by atoms with Gasteiger partial charge in [-0.25, -0.2) is 4.98 Å². The van der Waals surface area contributed by atoms with E-state index in [9.17, 15) is 14.9 Å². The monoisotopic (exact) mass is 311 g/mol. The van der Waals surface area contributed by atoms with Gasteiger partial charge in [-0.15, -0.1) is 11.3 Å². The van der Waals surface area contributed by atoms with Crippen molar-refractivity contribution >= 4 is 34.5 Å². The maximum Gasteiger partial charge on any atom is 0.270 e. The lowest BCUT2D eigenvalue weighted by atomic mass is 10.2. The van der Waals surface area contributed by atoms with Gasteiger partial charge in [-0.1, -0.05) is 11.6 Å². The minimum atomic E-state index is -0.564. The maximum atomic E-state index is 12.1. The van der Waals surface area contributed by atoms with Crippen LogP contribution in [-0.4, -0.2) is 15.8 Å². The van der Waals surface area contributed by atoms with E-state index in [4.69, 9.17) is 11.6 Å². The number of benzene rings is 1. The van der Waals surface area contributed by atoms with Gasteiger partial charge in [0.05, 0.1) is 21.6 Å². The predicted molar refractivity (Wildman–Crippen MR) is 76.1 cm³/mol. The Morgan fingerprint density at radius 1 is 1.55 bits per heavy atom. The molecule has 0 radical (unpaired) electrons. The molecule has 104 valence electrons. The second kappa shape index (κ2) is 5.98. The number of hydrogen-bond acceptors (Lipinski definition) is 5. The van der Waals surface area contributed by atoms with Crippen LogP contribution in [0.3, 0.4) is 0 Å². The lowest BCUT2D eigenvalue weighted by molar-refractivity contribution is -0.384. The number of nitro groups is 1. The van der Waals surface area contributed by atoms with Crippen LogP contribution in [0.15, 0.2) is 29.8 Å². The van der Waals surface area contributed by atoms with Crippen LogP contribution in [0.4, 0.5) is 5.69 Å². The van der Waals surface area contributed by atoms with E-state index in [1.807, 2.05) is 5.38 Å². The lowest BCUT2D eigenvalue weighted by Gasteiger charge is -2.11. The van der Waals surface area contributed by atoms with Gasteiger partial charge in [-0.2, -0.15) is 0 Å². The average Bonchev–Trinajstić information content (AvgIpc) is 2.92. The normalized spacial score (nSPS) is 11.9. The number of nitrogens with zero attached hydrogens (tertiary/aromatic N) is 2. The third-order valence-electron chi connectivity index (χ3n) is 2.58. The molecule has 8 heteroatoms. The van der Waals surface area contributed by atoms with Crippen LogP contribution in [0.5, 0.6) is 0 Å². The molecule has 6 nitrogen and oxygen atoms in total. The quantitative estimate of drug-likeness (QED) is 0.694. The molecule has 1 unspecified atom stereocenters. The first kappa shape index (κ1) is 14.4. The molecule has 0 saturated carbocycles. The van der Waals surface area contributed by atoms with Crippen molar-refractivity contribution in [3.63, 3.8) is 0 Å². The summed E-state index contributed by atoms with van der Waals surface area (Å²) in [5.41, 5.74) is 0.0418. The number of halogens is 1. The first-order valence-corrected chi connectivity index (χ1v) is 6.89. The van der Waals surface area contributed by atoms with E-state index in [0.29, 0.717) is 0 Å². The van der Waals surface area contributed by atoms with Crippen molar-refractivity contribution in [3.8, 4) is 0 Å². The van der Waals surface area contributed by atoms with E-state index >= 15 is 0 Å². The van der Waals surface area contributed by atoms with Crippen LogP contribution in [0.1, 0.15) is 28.3 Å². The summed E-state index contributed by atoms with van der Waals surface area (Å²) < 4.78 is 0. The van der Waals surface area contributed by atoms with Crippen molar-refractivity contribution in [2.45, 2.75) is 13.0 Å². The molecule has 1 heterocycles. The zero-order valence-corrected chi connectivity index (χ0v) is 11.9. The van der Waals surface area contributed by atoms with Crippen LogP contribution < -0.4 is 5.32 Å². The molecule has 1 amide bonds. The van der Waals surface area contributed by atoms with Crippen LogP contribution in [-0.2, 0) is 0 Å².